The summed E-state index contributed by atoms with van der Waals surface area (Å²) in [6.45, 7) is 1.22. The Morgan fingerprint density at radius 2 is 1.43 bits per heavy atom. The molecule has 0 aromatic carbocycles. The van der Waals surface area contributed by atoms with Crippen LogP contribution in [-0.2, 0) is 31.4 Å². The van der Waals surface area contributed by atoms with E-state index in [2.05, 4.69) is 10.3 Å². The smallest absolute Gasteiger partial charge is 0.246 e. The highest BCUT2D eigenvalue weighted by molar-refractivity contribution is 7.92. The van der Waals surface area contributed by atoms with Crippen LogP contribution in [0.2, 0.25) is 0 Å². The van der Waals surface area contributed by atoms with Gasteiger partial charge in [0.2, 0.25) is 26.0 Å². The molecule has 0 radical (unpaired) electrons. The molecule has 1 N–H and O–H groups in total. The molecule has 2 aliphatic heterocycles. The second-order valence-electron chi connectivity index (χ2n) is 7.27. The molecule has 30 heavy (non-hydrogen) atoms. The van der Waals surface area contributed by atoms with Gasteiger partial charge in [-0.2, -0.15) is 8.61 Å². The number of carbonyl (C=O) groups excluding carboxylic acids is 1. The van der Waals surface area contributed by atoms with Gasteiger partial charge in [0.15, 0.2) is 5.13 Å². The predicted octanol–water partition coefficient (Wildman–Crippen LogP) is 1.15. The number of thiazole rings is 1. The summed E-state index contributed by atoms with van der Waals surface area (Å²) in [5, 5.41) is 4.75. The van der Waals surface area contributed by atoms with Gasteiger partial charge in [-0.3, -0.25) is 4.79 Å². The lowest BCUT2D eigenvalue weighted by Crippen LogP contribution is -2.32. The van der Waals surface area contributed by atoms with Gasteiger partial charge in [0.05, 0.1) is 0 Å². The Morgan fingerprint density at radius 1 is 0.933 bits per heavy atom. The molecular formula is C17H23N5O5S3. The molecule has 1 amide bonds. The summed E-state index contributed by atoms with van der Waals surface area (Å²) in [7, 11) is -7.96. The maximum atomic E-state index is 13.2. The molecule has 4 rings (SSSR count). The van der Waals surface area contributed by atoms with Crippen LogP contribution in [0.25, 0.3) is 0 Å². The molecule has 2 aliphatic rings. The van der Waals surface area contributed by atoms with Crippen molar-refractivity contribution >= 4 is 42.4 Å². The molecule has 2 aromatic rings. The first-order valence-electron chi connectivity index (χ1n) is 9.68. The van der Waals surface area contributed by atoms with Crippen molar-refractivity contribution in [1.82, 2.24) is 18.2 Å². The summed E-state index contributed by atoms with van der Waals surface area (Å²) in [5.74, 6) is -0.421. The first-order valence-corrected chi connectivity index (χ1v) is 13.4. The molecular weight excluding hydrogens is 450 g/mol. The van der Waals surface area contributed by atoms with Crippen LogP contribution in [0.1, 0.15) is 25.7 Å². The van der Waals surface area contributed by atoms with E-state index < -0.39 is 26.0 Å². The van der Waals surface area contributed by atoms with Crippen LogP contribution in [0.4, 0.5) is 5.13 Å². The lowest BCUT2D eigenvalue weighted by Gasteiger charge is -2.18. The van der Waals surface area contributed by atoms with E-state index in [1.807, 2.05) is 0 Å². The van der Waals surface area contributed by atoms with Gasteiger partial charge < -0.3 is 9.88 Å². The average molecular weight is 474 g/mol. The van der Waals surface area contributed by atoms with E-state index in [1.165, 1.54) is 36.9 Å². The molecule has 0 atom stereocenters. The summed E-state index contributed by atoms with van der Waals surface area (Å²) >= 11 is 1.25. The van der Waals surface area contributed by atoms with E-state index in [4.69, 9.17) is 0 Å². The lowest BCUT2D eigenvalue weighted by molar-refractivity contribution is -0.116. The number of rotatable bonds is 7. The lowest BCUT2D eigenvalue weighted by atomic mass is 10.4. The number of aromatic nitrogens is 2. The Morgan fingerprint density at radius 3 is 1.87 bits per heavy atom. The number of carbonyl (C=O) groups is 1. The van der Waals surface area contributed by atoms with Crippen molar-refractivity contribution in [2.24, 2.45) is 0 Å². The largest absolute Gasteiger partial charge is 0.342 e. The van der Waals surface area contributed by atoms with Gasteiger partial charge in [0, 0.05) is 50.1 Å². The Bertz CT molecular complexity index is 1050. The zero-order valence-corrected chi connectivity index (χ0v) is 18.7. The zero-order chi connectivity index (χ0) is 21.4. The Hall–Kier alpha value is -1.80. The average Bonchev–Trinajstić information content (AvgIpc) is 3.48. The summed E-state index contributed by atoms with van der Waals surface area (Å²) < 4.78 is 56.7. The van der Waals surface area contributed by atoms with Crippen LogP contribution in [0.5, 0.6) is 0 Å². The molecule has 2 aromatic heterocycles. The van der Waals surface area contributed by atoms with Gasteiger partial charge in [0.25, 0.3) is 0 Å². The van der Waals surface area contributed by atoms with Crippen LogP contribution in [-0.4, -0.2) is 67.1 Å². The fourth-order valence-corrected chi connectivity index (χ4v) is 8.05. The third-order valence-corrected chi connectivity index (χ3v) is 9.85. The van der Waals surface area contributed by atoms with Crippen LogP contribution in [0.15, 0.2) is 33.8 Å². The molecule has 10 nitrogen and oxygen atoms in total. The third kappa shape index (κ3) is 4.17. The van der Waals surface area contributed by atoms with E-state index in [9.17, 15) is 21.6 Å². The Kier molecular flexibility index (Phi) is 5.99. The number of sulfonamides is 2. The van der Waals surface area contributed by atoms with Gasteiger partial charge in [-0.1, -0.05) is 0 Å². The second-order valence-corrected chi connectivity index (χ2v) is 12.0. The van der Waals surface area contributed by atoms with Gasteiger partial charge in [-0.15, -0.1) is 11.3 Å². The van der Waals surface area contributed by atoms with Crippen molar-refractivity contribution in [3.05, 3.63) is 24.0 Å². The first-order chi connectivity index (χ1) is 14.3. The predicted molar refractivity (Wildman–Crippen MR) is 111 cm³/mol. The third-order valence-electron chi connectivity index (χ3n) is 5.18. The van der Waals surface area contributed by atoms with Crippen molar-refractivity contribution in [3.63, 3.8) is 0 Å². The van der Waals surface area contributed by atoms with Crippen molar-refractivity contribution in [2.45, 2.75) is 42.0 Å². The van der Waals surface area contributed by atoms with Gasteiger partial charge in [0.1, 0.15) is 16.3 Å². The zero-order valence-electron chi connectivity index (χ0n) is 16.2. The van der Waals surface area contributed by atoms with Gasteiger partial charge in [-0.05, 0) is 25.7 Å². The van der Waals surface area contributed by atoms with E-state index in [0.29, 0.717) is 31.3 Å². The Labute approximate surface area is 179 Å². The Balaban J connectivity index is 1.69. The van der Waals surface area contributed by atoms with E-state index in [1.54, 1.807) is 11.6 Å². The van der Waals surface area contributed by atoms with Crippen LogP contribution in [0.3, 0.4) is 0 Å². The molecule has 0 unspecified atom stereocenters. The summed E-state index contributed by atoms with van der Waals surface area (Å²) in [6, 6.07) is 0. The summed E-state index contributed by atoms with van der Waals surface area (Å²) in [5.41, 5.74) is 0. The van der Waals surface area contributed by atoms with Crippen molar-refractivity contribution in [3.8, 4) is 0 Å². The number of hydrogen-bond acceptors (Lipinski definition) is 7. The quantitative estimate of drug-likeness (QED) is 0.644. The fourth-order valence-electron chi connectivity index (χ4n) is 3.69. The minimum absolute atomic E-state index is 0.225. The molecule has 0 bridgehead atoms. The summed E-state index contributed by atoms with van der Waals surface area (Å²) in [4.78, 5) is 15.8. The minimum atomic E-state index is -3.98. The molecule has 13 heteroatoms. The summed E-state index contributed by atoms with van der Waals surface area (Å²) in [6.07, 6.45) is 7.01. The molecule has 164 valence electrons. The highest BCUT2D eigenvalue weighted by Crippen LogP contribution is 2.31. The number of anilines is 1. The van der Waals surface area contributed by atoms with Crippen molar-refractivity contribution < 1.29 is 21.6 Å². The molecule has 2 fully saturated rings. The van der Waals surface area contributed by atoms with E-state index in [-0.39, 0.29) is 16.3 Å². The number of amides is 1. The van der Waals surface area contributed by atoms with Crippen LogP contribution >= 0.6 is 11.3 Å². The topological polar surface area (TPSA) is 122 Å². The molecule has 2 saturated heterocycles. The fraction of sp³-hybridized carbons (Fsp3) is 0.529. The highest BCUT2D eigenvalue weighted by Gasteiger charge is 2.38. The van der Waals surface area contributed by atoms with Crippen molar-refractivity contribution in [2.75, 3.05) is 31.5 Å². The molecule has 4 heterocycles. The van der Waals surface area contributed by atoms with Gasteiger partial charge in [-0.25, -0.2) is 21.8 Å². The second kappa shape index (κ2) is 8.38. The normalized spacial score (nSPS) is 18.8. The standard InChI is InChI=1S/C17H23N5O5S3/c23-16(19-17-18-5-10-28-17)13-20-11-14(29(24,25)21-6-1-2-7-21)15(12-20)30(26,27)22-8-3-4-9-22/h5,10-12H,1-4,6-9,13H2,(H,18,19,23). The van der Waals surface area contributed by atoms with Crippen molar-refractivity contribution in [1.29, 1.82) is 0 Å². The molecule has 0 spiro atoms. The van der Waals surface area contributed by atoms with Gasteiger partial charge >= 0.3 is 0 Å². The van der Waals surface area contributed by atoms with Crippen LogP contribution in [0, 0.1) is 0 Å². The first kappa shape index (κ1) is 21.4. The number of nitrogens with one attached hydrogen (secondary N) is 1. The highest BCUT2D eigenvalue weighted by atomic mass is 32.2. The molecule has 0 aliphatic carbocycles. The SMILES string of the molecule is O=C(Cn1cc(S(=O)(=O)N2CCCC2)c(S(=O)(=O)N2CCCC2)c1)Nc1nccs1. The monoisotopic (exact) mass is 473 g/mol. The maximum absolute atomic E-state index is 13.2. The minimum Gasteiger partial charge on any atom is -0.342 e. The molecule has 0 saturated carbocycles. The van der Waals surface area contributed by atoms with Crippen LogP contribution < -0.4 is 5.32 Å². The maximum Gasteiger partial charge on any atom is 0.246 e. The van der Waals surface area contributed by atoms with E-state index in [0.717, 1.165) is 25.7 Å². The number of nitrogens with zero attached hydrogens (tertiary/aromatic N) is 4. The van der Waals surface area contributed by atoms with E-state index >= 15 is 0 Å². The number of hydrogen-bond donors (Lipinski definition) is 1.